The van der Waals surface area contributed by atoms with Gasteiger partial charge in [0.05, 0.1) is 19.3 Å². The molecule has 1 aromatic carbocycles. The summed E-state index contributed by atoms with van der Waals surface area (Å²) in [6, 6.07) is 5.68. The van der Waals surface area contributed by atoms with Crippen LogP contribution in [-0.2, 0) is 23.9 Å². The Morgan fingerprint density at radius 2 is 1.90 bits per heavy atom. The minimum atomic E-state index is -0.954. The van der Waals surface area contributed by atoms with Crippen LogP contribution in [0.2, 0.25) is 0 Å². The van der Waals surface area contributed by atoms with Gasteiger partial charge in [-0.3, -0.25) is 9.59 Å². The first-order chi connectivity index (χ1) is 14.3. The van der Waals surface area contributed by atoms with Crippen molar-refractivity contribution in [3.8, 4) is 0 Å². The minimum Gasteiger partial charge on any atom is -0.468 e. The molecule has 0 spiro atoms. The summed E-state index contributed by atoms with van der Waals surface area (Å²) in [5.41, 5.74) is 2.47. The van der Waals surface area contributed by atoms with Gasteiger partial charge in [0.2, 0.25) is 0 Å². The zero-order chi connectivity index (χ0) is 22.0. The minimum absolute atomic E-state index is 0.243. The maximum absolute atomic E-state index is 13.6. The van der Waals surface area contributed by atoms with Gasteiger partial charge in [-0.2, -0.15) is 0 Å². The average Bonchev–Trinajstić information content (AvgIpc) is 2.71. The lowest BCUT2D eigenvalue weighted by Crippen LogP contribution is -2.43. The molecule has 3 rings (SSSR count). The summed E-state index contributed by atoms with van der Waals surface area (Å²) in [4.78, 5) is 38.7. The molecule has 0 fully saturated rings. The number of ether oxygens (including phenoxy) is 2. The third kappa shape index (κ3) is 3.88. The first kappa shape index (κ1) is 21.7. The largest absolute Gasteiger partial charge is 0.468 e. The molecule has 2 aliphatic rings. The van der Waals surface area contributed by atoms with Gasteiger partial charge >= 0.3 is 11.9 Å². The molecule has 0 bridgehead atoms. The van der Waals surface area contributed by atoms with Gasteiger partial charge in [0.25, 0.3) is 0 Å². The van der Waals surface area contributed by atoms with Crippen molar-refractivity contribution in [1.29, 1.82) is 0 Å². The lowest BCUT2D eigenvalue weighted by atomic mass is 9.69. The molecule has 30 heavy (non-hydrogen) atoms. The van der Waals surface area contributed by atoms with Gasteiger partial charge in [-0.05, 0) is 43.4 Å². The van der Waals surface area contributed by atoms with Crippen LogP contribution >= 0.6 is 0 Å². The fraction of sp³-hybridized carbons (Fsp3) is 0.435. The molecule has 1 aromatic rings. The molecule has 160 valence electrons. The molecule has 0 aromatic heterocycles. The van der Waals surface area contributed by atoms with E-state index in [0.717, 1.165) is 0 Å². The summed E-state index contributed by atoms with van der Waals surface area (Å²) >= 11 is 0. The molecule has 1 aliphatic heterocycles. The van der Waals surface area contributed by atoms with Crippen molar-refractivity contribution in [3.63, 3.8) is 0 Å². The third-order valence-corrected chi connectivity index (χ3v) is 5.60. The second-order valence-corrected chi connectivity index (χ2v) is 7.72. The Kier molecular flexibility index (Phi) is 6.39. The topological polar surface area (TPSA) is 81.7 Å². The van der Waals surface area contributed by atoms with E-state index in [1.54, 1.807) is 19.1 Å². The number of methoxy groups -OCH3 is 1. The fourth-order valence-corrected chi connectivity index (χ4v) is 4.21. The van der Waals surface area contributed by atoms with Crippen molar-refractivity contribution in [1.82, 2.24) is 5.32 Å². The molecular formula is C23H26FNO5. The second-order valence-electron chi connectivity index (χ2n) is 7.72. The van der Waals surface area contributed by atoms with Gasteiger partial charge in [-0.15, -0.1) is 0 Å². The maximum atomic E-state index is 13.6. The second kappa shape index (κ2) is 8.81. The molecule has 1 heterocycles. The van der Waals surface area contributed by atoms with Gasteiger partial charge in [-0.1, -0.05) is 26.0 Å². The Hall–Kier alpha value is -2.96. The van der Waals surface area contributed by atoms with Gasteiger partial charge in [0.15, 0.2) is 5.78 Å². The molecule has 1 N–H and O–H groups in total. The Labute approximate surface area is 175 Å². The Bertz CT molecular complexity index is 931. The number of esters is 2. The lowest BCUT2D eigenvalue weighted by Gasteiger charge is -2.38. The number of benzene rings is 1. The molecule has 6 nitrogen and oxygen atoms in total. The molecular weight excluding hydrogens is 389 g/mol. The van der Waals surface area contributed by atoms with Crippen molar-refractivity contribution < 1.29 is 28.2 Å². The summed E-state index contributed by atoms with van der Waals surface area (Å²) in [6.45, 7) is 5.71. The monoisotopic (exact) mass is 415 g/mol. The number of carbonyl (C=O) groups excluding carboxylic acids is 3. The molecule has 3 atom stereocenters. The van der Waals surface area contributed by atoms with E-state index in [1.165, 1.54) is 19.2 Å². The fourth-order valence-electron chi connectivity index (χ4n) is 4.21. The summed E-state index contributed by atoms with van der Waals surface area (Å²) in [5.74, 6) is -3.91. The Morgan fingerprint density at radius 1 is 1.23 bits per heavy atom. The van der Waals surface area contributed by atoms with Crippen molar-refractivity contribution in [2.45, 2.75) is 39.5 Å². The third-order valence-electron chi connectivity index (χ3n) is 5.60. The highest BCUT2D eigenvalue weighted by molar-refractivity contribution is 6.12. The predicted molar refractivity (Wildman–Crippen MR) is 108 cm³/mol. The quantitative estimate of drug-likeness (QED) is 0.586. The zero-order valence-corrected chi connectivity index (χ0v) is 17.6. The van der Waals surface area contributed by atoms with Crippen LogP contribution in [0.25, 0.3) is 0 Å². The highest BCUT2D eigenvalue weighted by atomic mass is 19.1. The molecule has 0 radical (unpaired) electrons. The lowest BCUT2D eigenvalue weighted by molar-refractivity contribution is -0.151. The standard InChI is InChI=1S/C23H26FNO5/c1-5-10-30-23(28)18-13(3)25-16-11-12(2)17(22(27)29-4)21(26)20(16)19(18)14-6-8-15(24)9-7-14/h6-9,12,17,19,25H,5,10-11H2,1-4H3/t12-,17+,19+/m0/s1. The number of rotatable bonds is 5. The highest BCUT2D eigenvalue weighted by Crippen LogP contribution is 2.45. The summed E-state index contributed by atoms with van der Waals surface area (Å²) < 4.78 is 23.8. The Morgan fingerprint density at radius 3 is 2.50 bits per heavy atom. The molecule has 0 unspecified atom stereocenters. The number of halogens is 1. The van der Waals surface area contributed by atoms with E-state index in [1.807, 2.05) is 13.8 Å². The van der Waals surface area contributed by atoms with Crippen LogP contribution in [0.15, 0.2) is 46.8 Å². The van der Waals surface area contributed by atoms with Crippen LogP contribution in [0.4, 0.5) is 4.39 Å². The normalized spacial score (nSPS) is 23.6. The van der Waals surface area contributed by atoms with E-state index in [2.05, 4.69) is 5.32 Å². The predicted octanol–water partition coefficient (Wildman–Crippen LogP) is 3.39. The highest BCUT2D eigenvalue weighted by Gasteiger charge is 2.47. The van der Waals surface area contributed by atoms with Crippen molar-refractivity contribution in [2.24, 2.45) is 11.8 Å². The van der Waals surface area contributed by atoms with Gasteiger partial charge in [0, 0.05) is 22.9 Å². The van der Waals surface area contributed by atoms with Crippen LogP contribution in [0, 0.1) is 17.7 Å². The van der Waals surface area contributed by atoms with Crippen molar-refractivity contribution in [3.05, 3.63) is 58.2 Å². The van der Waals surface area contributed by atoms with E-state index < -0.39 is 29.6 Å². The SMILES string of the molecule is CCCOC(=O)C1=C(C)NC2=C(C(=O)[C@H](C(=O)OC)[C@@H](C)C2)[C@@H]1c1ccc(F)cc1. The summed E-state index contributed by atoms with van der Waals surface area (Å²) in [5, 5.41) is 3.19. The van der Waals surface area contributed by atoms with Crippen LogP contribution in [0.1, 0.15) is 45.1 Å². The van der Waals surface area contributed by atoms with Crippen molar-refractivity contribution >= 4 is 17.7 Å². The summed E-state index contributed by atoms with van der Waals surface area (Å²) in [6.07, 6.45) is 1.11. The number of dihydropyridines is 1. The van der Waals surface area contributed by atoms with Gasteiger partial charge in [-0.25, -0.2) is 9.18 Å². The van der Waals surface area contributed by atoms with Crippen LogP contribution in [-0.4, -0.2) is 31.4 Å². The number of allylic oxidation sites excluding steroid dienone is 3. The van der Waals surface area contributed by atoms with E-state index in [4.69, 9.17) is 9.47 Å². The van der Waals surface area contributed by atoms with Gasteiger partial charge < -0.3 is 14.8 Å². The maximum Gasteiger partial charge on any atom is 0.336 e. The first-order valence-corrected chi connectivity index (χ1v) is 10.1. The van der Waals surface area contributed by atoms with Crippen LogP contribution < -0.4 is 5.32 Å². The first-order valence-electron chi connectivity index (χ1n) is 10.1. The number of hydrogen-bond acceptors (Lipinski definition) is 6. The Balaban J connectivity index is 2.15. The molecule has 1 aliphatic carbocycles. The van der Waals surface area contributed by atoms with E-state index in [-0.39, 0.29) is 18.3 Å². The van der Waals surface area contributed by atoms with Crippen LogP contribution in [0.3, 0.4) is 0 Å². The van der Waals surface area contributed by atoms with Gasteiger partial charge in [0.1, 0.15) is 11.7 Å². The van der Waals surface area contributed by atoms with E-state index in [9.17, 15) is 18.8 Å². The van der Waals surface area contributed by atoms with E-state index >= 15 is 0 Å². The number of carbonyl (C=O) groups is 3. The molecule has 0 saturated carbocycles. The number of ketones is 1. The molecule has 0 amide bonds. The number of hydrogen-bond donors (Lipinski definition) is 1. The van der Waals surface area contributed by atoms with E-state index in [0.29, 0.717) is 40.9 Å². The number of Topliss-reactive ketones (excluding diaryl/α,β-unsaturated/α-hetero) is 1. The molecule has 0 saturated heterocycles. The van der Waals surface area contributed by atoms with Crippen molar-refractivity contribution in [2.75, 3.05) is 13.7 Å². The number of nitrogens with one attached hydrogen (secondary N) is 1. The summed E-state index contributed by atoms with van der Waals surface area (Å²) in [7, 11) is 1.25. The zero-order valence-electron chi connectivity index (χ0n) is 17.6. The molecule has 7 heteroatoms. The van der Waals surface area contributed by atoms with Crippen LogP contribution in [0.5, 0.6) is 0 Å². The average molecular weight is 415 g/mol. The smallest absolute Gasteiger partial charge is 0.336 e.